The summed E-state index contributed by atoms with van der Waals surface area (Å²) < 4.78 is 0. The van der Waals surface area contributed by atoms with Crippen molar-refractivity contribution in [2.45, 2.75) is 13.3 Å². The Morgan fingerprint density at radius 2 is 1.86 bits per heavy atom. The molecule has 0 bridgehead atoms. The Kier molecular flexibility index (Phi) is 5.17. The quantitative estimate of drug-likeness (QED) is 0.790. The summed E-state index contributed by atoms with van der Waals surface area (Å²) in [4.78, 5) is 13.6. The minimum absolute atomic E-state index is 0.146. The van der Waals surface area contributed by atoms with Gasteiger partial charge in [-0.25, -0.2) is 0 Å². The van der Waals surface area contributed by atoms with E-state index in [1.165, 1.54) is 5.56 Å². The SMILES string of the molecule is Cc1cccc(C#CC(=O)N(C)CCc2ccccc2)c1. The van der Waals surface area contributed by atoms with E-state index in [0.717, 1.165) is 17.5 Å². The topological polar surface area (TPSA) is 20.3 Å². The minimum Gasteiger partial charge on any atom is -0.335 e. The molecule has 0 N–H and O–H groups in total. The number of nitrogens with zero attached hydrogens (tertiary/aromatic N) is 1. The highest BCUT2D eigenvalue weighted by Gasteiger charge is 2.04. The second-order valence-electron chi connectivity index (χ2n) is 5.08. The van der Waals surface area contributed by atoms with Gasteiger partial charge in [0.05, 0.1) is 0 Å². The highest BCUT2D eigenvalue weighted by Crippen LogP contribution is 2.02. The first-order valence-electron chi connectivity index (χ1n) is 7.03. The van der Waals surface area contributed by atoms with Gasteiger partial charge in [-0.05, 0) is 36.6 Å². The number of carbonyl (C=O) groups excluding carboxylic acids is 1. The summed E-state index contributed by atoms with van der Waals surface area (Å²) >= 11 is 0. The zero-order chi connectivity index (χ0) is 15.1. The van der Waals surface area contributed by atoms with Crippen LogP contribution in [0.4, 0.5) is 0 Å². The van der Waals surface area contributed by atoms with E-state index in [4.69, 9.17) is 0 Å². The Morgan fingerprint density at radius 3 is 2.57 bits per heavy atom. The monoisotopic (exact) mass is 277 g/mol. The molecule has 0 saturated heterocycles. The first-order chi connectivity index (χ1) is 10.1. The van der Waals surface area contributed by atoms with Gasteiger partial charge in [-0.2, -0.15) is 0 Å². The van der Waals surface area contributed by atoms with Gasteiger partial charge in [-0.3, -0.25) is 4.79 Å². The zero-order valence-electron chi connectivity index (χ0n) is 12.5. The Hall–Kier alpha value is -2.53. The van der Waals surface area contributed by atoms with Crippen molar-refractivity contribution in [2.75, 3.05) is 13.6 Å². The lowest BCUT2D eigenvalue weighted by Crippen LogP contribution is -2.27. The van der Waals surface area contributed by atoms with E-state index in [9.17, 15) is 4.79 Å². The number of aryl methyl sites for hydroxylation is 1. The first-order valence-corrected chi connectivity index (χ1v) is 7.03. The van der Waals surface area contributed by atoms with Crippen molar-refractivity contribution in [3.8, 4) is 11.8 Å². The number of hydrogen-bond donors (Lipinski definition) is 0. The number of rotatable bonds is 3. The fourth-order valence-corrected chi connectivity index (χ4v) is 1.99. The fraction of sp³-hybridized carbons (Fsp3) is 0.211. The number of amides is 1. The predicted octanol–water partition coefficient (Wildman–Crippen LogP) is 3.05. The van der Waals surface area contributed by atoms with Crippen LogP contribution in [0.25, 0.3) is 0 Å². The lowest BCUT2D eigenvalue weighted by atomic mass is 10.1. The molecule has 21 heavy (non-hydrogen) atoms. The van der Waals surface area contributed by atoms with Gasteiger partial charge >= 0.3 is 0 Å². The van der Waals surface area contributed by atoms with Crippen LogP contribution < -0.4 is 0 Å². The standard InChI is InChI=1S/C19H19NO/c1-16-7-6-10-18(15-16)11-12-19(21)20(2)14-13-17-8-4-3-5-9-17/h3-10,15H,13-14H2,1-2H3. The molecule has 0 aliphatic carbocycles. The van der Waals surface area contributed by atoms with E-state index >= 15 is 0 Å². The predicted molar refractivity (Wildman–Crippen MR) is 85.8 cm³/mol. The molecule has 2 heteroatoms. The minimum atomic E-state index is -0.146. The molecule has 0 aliphatic heterocycles. The molecule has 0 aromatic heterocycles. The molecule has 0 radical (unpaired) electrons. The molecular formula is C19H19NO. The van der Waals surface area contributed by atoms with Crippen LogP contribution in [0, 0.1) is 18.8 Å². The average molecular weight is 277 g/mol. The second kappa shape index (κ2) is 7.31. The van der Waals surface area contributed by atoms with Crippen LogP contribution in [0.15, 0.2) is 54.6 Å². The highest BCUT2D eigenvalue weighted by molar-refractivity contribution is 5.93. The number of likely N-dealkylation sites (N-methyl/N-ethyl adjacent to an activating group) is 1. The normalized spacial score (nSPS) is 9.62. The number of carbonyl (C=O) groups is 1. The largest absolute Gasteiger partial charge is 0.335 e. The van der Waals surface area contributed by atoms with E-state index in [2.05, 4.69) is 24.0 Å². The van der Waals surface area contributed by atoms with Crippen LogP contribution in [-0.2, 0) is 11.2 Å². The third kappa shape index (κ3) is 4.81. The molecule has 2 rings (SSSR count). The summed E-state index contributed by atoms with van der Waals surface area (Å²) in [6, 6.07) is 18.0. The molecule has 0 unspecified atom stereocenters. The van der Waals surface area contributed by atoms with E-state index in [1.54, 1.807) is 11.9 Å². The number of hydrogen-bond acceptors (Lipinski definition) is 1. The van der Waals surface area contributed by atoms with Crippen molar-refractivity contribution in [3.05, 3.63) is 71.3 Å². The van der Waals surface area contributed by atoms with Crippen LogP contribution in [0.2, 0.25) is 0 Å². The van der Waals surface area contributed by atoms with E-state index in [0.29, 0.717) is 6.54 Å². The summed E-state index contributed by atoms with van der Waals surface area (Å²) in [5.41, 5.74) is 3.25. The lowest BCUT2D eigenvalue weighted by Gasteiger charge is -2.13. The molecule has 0 aliphatic rings. The molecule has 1 amide bonds. The van der Waals surface area contributed by atoms with Crippen molar-refractivity contribution < 1.29 is 4.79 Å². The van der Waals surface area contributed by atoms with Gasteiger partial charge in [-0.15, -0.1) is 0 Å². The fourth-order valence-electron chi connectivity index (χ4n) is 1.99. The maximum absolute atomic E-state index is 12.0. The summed E-state index contributed by atoms with van der Waals surface area (Å²) in [7, 11) is 1.79. The average Bonchev–Trinajstić information content (AvgIpc) is 2.51. The first kappa shape index (κ1) is 14.9. The number of benzene rings is 2. The van der Waals surface area contributed by atoms with Crippen LogP contribution in [0.1, 0.15) is 16.7 Å². The van der Waals surface area contributed by atoms with Crippen LogP contribution in [0.3, 0.4) is 0 Å². The molecule has 106 valence electrons. The van der Waals surface area contributed by atoms with Crippen LogP contribution in [-0.4, -0.2) is 24.4 Å². The van der Waals surface area contributed by atoms with Gasteiger partial charge in [0.2, 0.25) is 0 Å². The van der Waals surface area contributed by atoms with Crippen molar-refractivity contribution in [1.29, 1.82) is 0 Å². The molecule has 0 saturated carbocycles. The van der Waals surface area contributed by atoms with Gasteiger partial charge in [0, 0.05) is 25.1 Å². The van der Waals surface area contributed by atoms with Crippen LogP contribution >= 0.6 is 0 Å². The maximum Gasteiger partial charge on any atom is 0.298 e. The Morgan fingerprint density at radius 1 is 1.10 bits per heavy atom. The van der Waals surface area contributed by atoms with Gasteiger partial charge in [0.25, 0.3) is 5.91 Å². The summed E-state index contributed by atoms with van der Waals surface area (Å²) in [6.45, 7) is 2.68. The molecule has 2 aromatic rings. The molecule has 0 spiro atoms. The van der Waals surface area contributed by atoms with Crippen molar-refractivity contribution in [1.82, 2.24) is 4.90 Å². The van der Waals surface area contributed by atoms with Crippen molar-refractivity contribution in [3.63, 3.8) is 0 Å². The zero-order valence-corrected chi connectivity index (χ0v) is 12.5. The highest BCUT2D eigenvalue weighted by atomic mass is 16.2. The molecule has 2 nitrogen and oxygen atoms in total. The summed E-state index contributed by atoms with van der Waals surface area (Å²) in [5, 5.41) is 0. The Labute approximate surface area is 126 Å². The molecule has 0 atom stereocenters. The third-order valence-electron chi connectivity index (χ3n) is 3.26. The smallest absolute Gasteiger partial charge is 0.298 e. The Bertz CT molecular complexity index is 665. The van der Waals surface area contributed by atoms with Crippen LogP contribution in [0.5, 0.6) is 0 Å². The molecule has 0 heterocycles. The molecule has 2 aromatic carbocycles. The van der Waals surface area contributed by atoms with Gasteiger partial charge in [0.15, 0.2) is 0 Å². The Balaban J connectivity index is 1.91. The molecular weight excluding hydrogens is 258 g/mol. The summed E-state index contributed by atoms with van der Waals surface area (Å²) in [6.07, 6.45) is 0.842. The lowest BCUT2D eigenvalue weighted by molar-refractivity contribution is -0.123. The maximum atomic E-state index is 12.0. The van der Waals surface area contributed by atoms with Gasteiger partial charge in [0.1, 0.15) is 0 Å². The summed E-state index contributed by atoms with van der Waals surface area (Å²) in [5.74, 6) is 5.48. The van der Waals surface area contributed by atoms with Crippen molar-refractivity contribution >= 4 is 5.91 Å². The van der Waals surface area contributed by atoms with E-state index in [-0.39, 0.29) is 5.91 Å². The molecule has 0 fully saturated rings. The second-order valence-corrected chi connectivity index (χ2v) is 5.08. The van der Waals surface area contributed by atoms with Gasteiger partial charge in [-0.1, -0.05) is 48.4 Å². The van der Waals surface area contributed by atoms with E-state index < -0.39 is 0 Å². The van der Waals surface area contributed by atoms with E-state index in [1.807, 2.05) is 49.4 Å². The third-order valence-corrected chi connectivity index (χ3v) is 3.26. The van der Waals surface area contributed by atoms with Gasteiger partial charge < -0.3 is 4.90 Å². The van der Waals surface area contributed by atoms with Crippen molar-refractivity contribution in [2.24, 2.45) is 0 Å².